The van der Waals surface area contributed by atoms with Gasteiger partial charge in [0.15, 0.2) is 0 Å². The van der Waals surface area contributed by atoms with Gasteiger partial charge >= 0.3 is 0 Å². The molecule has 0 bridgehead atoms. The van der Waals surface area contributed by atoms with Gasteiger partial charge in [-0.1, -0.05) is 6.07 Å². The number of aryl methyl sites for hydroxylation is 1. The molecule has 14 heavy (non-hydrogen) atoms. The number of primary amides is 1. The smallest absolute Gasteiger partial charge is 0.234 e. The number of rotatable bonds is 5. The topological polar surface area (TPSA) is 82.0 Å². The molecule has 0 unspecified atom stereocenters. The van der Waals surface area contributed by atoms with Crippen LogP contribution in [0.5, 0.6) is 0 Å². The highest BCUT2D eigenvalue weighted by Gasteiger charge is 2.07. The molecule has 0 saturated heterocycles. The average molecular weight is 193 g/mol. The minimum atomic E-state index is -0.522. The second kappa shape index (κ2) is 5.34. The Kier molecular flexibility index (Phi) is 4.07. The number of carbonyl (C=O) groups excluding carboxylic acids is 1. The quantitative estimate of drug-likeness (QED) is 0.701. The predicted octanol–water partition coefficient (Wildman–Crippen LogP) is 0.217. The zero-order valence-corrected chi connectivity index (χ0v) is 8.02. The molecule has 0 saturated carbocycles. The minimum absolute atomic E-state index is 0.434. The van der Waals surface area contributed by atoms with Gasteiger partial charge in [-0.15, -0.1) is 0 Å². The lowest BCUT2D eigenvalue weighted by atomic mass is 10.1. The molecule has 0 spiro atoms. The van der Waals surface area contributed by atoms with Gasteiger partial charge in [-0.3, -0.25) is 9.78 Å². The van der Waals surface area contributed by atoms with Crippen LogP contribution in [0.2, 0.25) is 0 Å². The molecule has 1 rings (SSSR count). The van der Waals surface area contributed by atoms with Crippen molar-refractivity contribution in [2.75, 3.05) is 0 Å². The number of carbonyl (C=O) groups is 1. The lowest BCUT2D eigenvalue weighted by Gasteiger charge is -2.06. The summed E-state index contributed by atoms with van der Waals surface area (Å²) in [5.41, 5.74) is 11.7. The summed E-state index contributed by atoms with van der Waals surface area (Å²) in [6.45, 7) is 0. The minimum Gasteiger partial charge on any atom is -0.368 e. The highest BCUT2D eigenvalue weighted by atomic mass is 16.1. The molecule has 0 aliphatic carbocycles. The Balaban J connectivity index is 2.26. The molecule has 1 amide bonds. The number of nitrogens with zero attached hydrogens (tertiary/aromatic N) is 1. The molecule has 76 valence electrons. The van der Waals surface area contributed by atoms with Crippen molar-refractivity contribution in [3.63, 3.8) is 0 Å². The van der Waals surface area contributed by atoms with Crippen LogP contribution in [0.1, 0.15) is 18.4 Å². The Morgan fingerprint density at radius 2 is 2.36 bits per heavy atom. The highest BCUT2D eigenvalue weighted by molar-refractivity contribution is 5.79. The van der Waals surface area contributed by atoms with Gasteiger partial charge in [0.25, 0.3) is 0 Å². The number of amides is 1. The SMILES string of the molecule is NC(=O)[C@@H](N)CCCc1cccnc1. The molecule has 1 atom stereocenters. The van der Waals surface area contributed by atoms with Crippen LogP contribution < -0.4 is 11.5 Å². The number of pyridine rings is 1. The van der Waals surface area contributed by atoms with E-state index in [0.29, 0.717) is 6.42 Å². The van der Waals surface area contributed by atoms with E-state index in [-0.39, 0.29) is 0 Å². The maximum absolute atomic E-state index is 10.6. The summed E-state index contributed by atoms with van der Waals surface area (Å²) in [5, 5.41) is 0. The lowest BCUT2D eigenvalue weighted by Crippen LogP contribution is -2.36. The van der Waals surface area contributed by atoms with Crippen molar-refractivity contribution in [2.24, 2.45) is 11.5 Å². The fourth-order valence-corrected chi connectivity index (χ4v) is 1.21. The number of nitrogens with two attached hydrogens (primary N) is 2. The van der Waals surface area contributed by atoms with Crippen molar-refractivity contribution < 1.29 is 4.79 Å². The fourth-order valence-electron chi connectivity index (χ4n) is 1.21. The van der Waals surface area contributed by atoms with Gasteiger partial charge in [0, 0.05) is 12.4 Å². The molecule has 1 aromatic rings. The molecular weight excluding hydrogens is 178 g/mol. The lowest BCUT2D eigenvalue weighted by molar-refractivity contribution is -0.119. The van der Waals surface area contributed by atoms with Crippen LogP contribution in [0.25, 0.3) is 0 Å². The van der Waals surface area contributed by atoms with Crippen LogP contribution in [0, 0.1) is 0 Å². The molecule has 4 heteroatoms. The Hall–Kier alpha value is -1.42. The van der Waals surface area contributed by atoms with Gasteiger partial charge in [-0.05, 0) is 30.9 Å². The number of hydrogen-bond donors (Lipinski definition) is 2. The van der Waals surface area contributed by atoms with Gasteiger partial charge in [0.2, 0.25) is 5.91 Å². The molecular formula is C10H15N3O. The van der Waals surface area contributed by atoms with Gasteiger partial charge in [-0.2, -0.15) is 0 Å². The van der Waals surface area contributed by atoms with Crippen molar-refractivity contribution in [3.05, 3.63) is 30.1 Å². The zero-order valence-electron chi connectivity index (χ0n) is 8.02. The van der Waals surface area contributed by atoms with Crippen LogP contribution in [0.4, 0.5) is 0 Å². The first-order valence-corrected chi connectivity index (χ1v) is 4.64. The second-order valence-electron chi connectivity index (χ2n) is 3.26. The molecule has 0 fully saturated rings. The standard InChI is InChI=1S/C10H15N3O/c11-9(10(12)14)5-1-3-8-4-2-6-13-7-8/h2,4,6-7,9H,1,3,5,11H2,(H2,12,14)/t9-/m0/s1. The third kappa shape index (κ3) is 3.53. The van der Waals surface area contributed by atoms with Crippen LogP contribution in [-0.2, 0) is 11.2 Å². The van der Waals surface area contributed by atoms with E-state index in [1.54, 1.807) is 6.20 Å². The summed E-state index contributed by atoms with van der Waals surface area (Å²) in [7, 11) is 0. The van der Waals surface area contributed by atoms with Crippen LogP contribution in [0.3, 0.4) is 0 Å². The van der Waals surface area contributed by atoms with E-state index >= 15 is 0 Å². The third-order valence-corrected chi connectivity index (χ3v) is 2.07. The predicted molar refractivity (Wildman–Crippen MR) is 54.3 cm³/mol. The molecule has 0 aromatic carbocycles. The molecule has 0 aliphatic heterocycles. The Labute approximate surface area is 83.3 Å². The maximum Gasteiger partial charge on any atom is 0.234 e. The van der Waals surface area contributed by atoms with E-state index in [2.05, 4.69) is 4.98 Å². The van der Waals surface area contributed by atoms with Gasteiger partial charge in [-0.25, -0.2) is 0 Å². The average Bonchev–Trinajstić information content (AvgIpc) is 2.19. The highest BCUT2D eigenvalue weighted by Crippen LogP contribution is 2.04. The zero-order chi connectivity index (χ0) is 10.4. The fraction of sp³-hybridized carbons (Fsp3) is 0.400. The summed E-state index contributed by atoms with van der Waals surface area (Å²) in [6, 6.07) is 3.37. The van der Waals surface area contributed by atoms with Crippen LogP contribution >= 0.6 is 0 Å². The maximum atomic E-state index is 10.6. The number of aromatic nitrogens is 1. The first kappa shape index (κ1) is 10.7. The monoisotopic (exact) mass is 193 g/mol. The molecule has 0 aliphatic rings. The second-order valence-corrected chi connectivity index (χ2v) is 3.26. The molecule has 4 N–H and O–H groups in total. The molecule has 1 aromatic heterocycles. The third-order valence-electron chi connectivity index (χ3n) is 2.07. The Morgan fingerprint density at radius 3 is 2.93 bits per heavy atom. The van der Waals surface area contributed by atoms with E-state index in [0.717, 1.165) is 18.4 Å². The molecule has 1 heterocycles. The van der Waals surface area contributed by atoms with Crippen molar-refractivity contribution in [1.29, 1.82) is 0 Å². The van der Waals surface area contributed by atoms with E-state index in [1.807, 2.05) is 18.3 Å². The van der Waals surface area contributed by atoms with Crippen molar-refractivity contribution in [1.82, 2.24) is 4.98 Å². The first-order valence-electron chi connectivity index (χ1n) is 4.64. The van der Waals surface area contributed by atoms with Crippen molar-refractivity contribution >= 4 is 5.91 Å². The summed E-state index contributed by atoms with van der Waals surface area (Å²) >= 11 is 0. The Morgan fingerprint density at radius 1 is 1.57 bits per heavy atom. The van der Waals surface area contributed by atoms with Gasteiger partial charge in [0.05, 0.1) is 6.04 Å². The summed E-state index contributed by atoms with van der Waals surface area (Å²) in [6.07, 6.45) is 5.92. The number of hydrogen-bond acceptors (Lipinski definition) is 3. The van der Waals surface area contributed by atoms with Crippen LogP contribution in [0.15, 0.2) is 24.5 Å². The largest absolute Gasteiger partial charge is 0.368 e. The molecule has 4 nitrogen and oxygen atoms in total. The van der Waals surface area contributed by atoms with E-state index < -0.39 is 11.9 Å². The summed E-state index contributed by atoms with van der Waals surface area (Å²) in [4.78, 5) is 14.6. The van der Waals surface area contributed by atoms with E-state index in [9.17, 15) is 4.79 Å². The Bertz CT molecular complexity index is 287. The van der Waals surface area contributed by atoms with Crippen molar-refractivity contribution in [3.8, 4) is 0 Å². The van der Waals surface area contributed by atoms with E-state index in [1.165, 1.54) is 0 Å². The first-order chi connectivity index (χ1) is 6.70. The summed E-state index contributed by atoms with van der Waals surface area (Å²) in [5.74, 6) is -0.434. The van der Waals surface area contributed by atoms with Crippen molar-refractivity contribution in [2.45, 2.75) is 25.3 Å². The van der Waals surface area contributed by atoms with Gasteiger partial charge in [0.1, 0.15) is 0 Å². The van der Waals surface area contributed by atoms with Crippen LogP contribution in [-0.4, -0.2) is 16.9 Å². The molecule has 0 radical (unpaired) electrons. The summed E-state index contributed by atoms with van der Waals surface area (Å²) < 4.78 is 0. The van der Waals surface area contributed by atoms with E-state index in [4.69, 9.17) is 11.5 Å². The normalized spacial score (nSPS) is 12.4. The van der Waals surface area contributed by atoms with Gasteiger partial charge < -0.3 is 11.5 Å².